The SMILES string of the molecule is C=N/C(=C1/C=CC=CC1NCCl)c1ccc(-c2ccccc2)cc1.CC. The maximum atomic E-state index is 5.84. The fraction of sp³-hybridized carbons (Fsp3) is 0.174. The van der Waals surface area contributed by atoms with Crippen molar-refractivity contribution in [1.82, 2.24) is 5.32 Å². The number of halogens is 1. The average molecular weight is 365 g/mol. The van der Waals surface area contributed by atoms with Gasteiger partial charge >= 0.3 is 0 Å². The molecule has 1 unspecified atom stereocenters. The zero-order chi connectivity index (χ0) is 18.8. The molecule has 0 aliphatic heterocycles. The Bertz CT molecular complexity index is 787. The first-order valence-corrected chi connectivity index (χ1v) is 9.38. The van der Waals surface area contributed by atoms with Gasteiger partial charge in [-0.25, -0.2) is 0 Å². The minimum atomic E-state index is 0.0433. The molecule has 2 aromatic rings. The first-order chi connectivity index (χ1) is 12.8. The molecule has 1 aliphatic rings. The summed E-state index contributed by atoms with van der Waals surface area (Å²) in [5.74, 6) is 0. The molecule has 0 bridgehead atoms. The lowest BCUT2D eigenvalue weighted by Gasteiger charge is -2.20. The van der Waals surface area contributed by atoms with Gasteiger partial charge in [0.05, 0.1) is 17.7 Å². The van der Waals surface area contributed by atoms with Crippen molar-refractivity contribution in [3.05, 3.63) is 90.0 Å². The van der Waals surface area contributed by atoms with Crippen molar-refractivity contribution in [2.45, 2.75) is 19.9 Å². The monoisotopic (exact) mass is 364 g/mol. The van der Waals surface area contributed by atoms with Gasteiger partial charge in [-0.15, -0.1) is 11.6 Å². The third-order valence-electron chi connectivity index (χ3n) is 4.02. The number of rotatable bonds is 5. The molecule has 0 radical (unpaired) electrons. The van der Waals surface area contributed by atoms with Gasteiger partial charge in [-0.05, 0) is 23.4 Å². The molecule has 0 aromatic heterocycles. The summed E-state index contributed by atoms with van der Waals surface area (Å²) in [6, 6.07) is 19.1. The zero-order valence-electron chi connectivity index (χ0n) is 15.3. The van der Waals surface area contributed by atoms with Gasteiger partial charge in [0.25, 0.3) is 0 Å². The van der Waals surface area contributed by atoms with E-state index in [1.165, 1.54) is 11.1 Å². The summed E-state index contributed by atoms with van der Waals surface area (Å²) in [6.07, 6.45) is 8.14. The van der Waals surface area contributed by atoms with E-state index in [-0.39, 0.29) is 6.04 Å². The van der Waals surface area contributed by atoms with Crippen LogP contribution in [-0.4, -0.2) is 18.8 Å². The molecular formula is C23H25ClN2. The summed E-state index contributed by atoms with van der Waals surface area (Å²) in [5, 5.41) is 3.24. The Kier molecular flexibility index (Phi) is 8.07. The van der Waals surface area contributed by atoms with E-state index >= 15 is 0 Å². The molecule has 1 aliphatic carbocycles. The highest BCUT2D eigenvalue weighted by Crippen LogP contribution is 2.28. The van der Waals surface area contributed by atoms with Gasteiger partial charge in [0.1, 0.15) is 0 Å². The topological polar surface area (TPSA) is 24.4 Å². The predicted molar refractivity (Wildman–Crippen MR) is 116 cm³/mol. The summed E-state index contributed by atoms with van der Waals surface area (Å²) in [7, 11) is 0. The summed E-state index contributed by atoms with van der Waals surface area (Å²) in [4.78, 5) is 4.28. The van der Waals surface area contributed by atoms with Gasteiger partial charge in [0.15, 0.2) is 0 Å². The normalized spacial score (nSPS) is 17.3. The minimum absolute atomic E-state index is 0.0433. The van der Waals surface area contributed by atoms with Crippen molar-refractivity contribution >= 4 is 24.0 Å². The number of aliphatic imine (C=N–C) groups is 1. The maximum absolute atomic E-state index is 5.84. The molecule has 134 valence electrons. The summed E-state index contributed by atoms with van der Waals surface area (Å²) in [6.45, 7) is 7.76. The number of nitrogens with one attached hydrogen (secondary N) is 1. The summed E-state index contributed by atoms with van der Waals surface area (Å²) >= 11 is 5.84. The fourth-order valence-electron chi connectivity index (χ4n) is 2.83. The molecule has 0 heterocycles. The van der Waals surface area contributed by atoms with Crippen LogP contribution in [0.2, 0.25) is 0 Å². The quantitative estimate of drug-likeness (QED) is 0.388. The highest BCUT2D eigenvalue weighted by molar-refractivity contribution is 6.17. The van der Waals surface area contributed by atoms with E-state index in [1.54, 1.807) is 0 Å². The van der Waals surface area contributed by atoms with Crippen molar-refractivity contribution in [3.63, 3.8) is 0 Å². The van der Waals surface area contributed by atoms with Crippen LogP contribution in [0.4, 0.5) is 0 Å². The summed E-state index contributed by atoms with van der Waals surface area (Å²) < 4.78 is 0. The van der Waals surface area contributed by atoms with Crippen LogP contribution >= 0.6 is 11.6 Å². The van der Waals surface area contributed by atoms with Crippen LogP contribution < -0.4 is 5.32 Å². The van der Waals surface area contributed by atoms with Crippen LogP contribution in [-0.2, 0) is 0 Å². The molecule has 1 N–H and O–H groups in total. The summed E-state index contributed by atoms with van der Waals surface area (Å²) in [5.41, 5.74) is 5.37. The third kappa shape index (κ3) is 4.81. The van der Waals surface area contributed by atoms with E-state index in [9.17, 15) is 0 Å². The van der Waals surface area contributed by atoms with E-state index < -0.39 is 0 Å². The molecule has 2 nitrogen and oxygen atoms in total. The smallest absolute Gasteiger partial charge is 0.0745 e. The minimum Gasteiger partial charge on any atom is -0.293 e. The van der Waals surface area contributed by atoms with Gasteiger partial charge in [-0.1, -0.05) is 92.7 Å². The lowest BCUT2D eigenvalue weighted by molar-refractivity contribution is 0.741. The first kappa shape index (κ1) is 19.9. The Balaban J connectivity index is 0.00000117. The Morgan fingerprint density at radius 2 is 1.65 bits per heavy atom. The van der Waals surface area contributed by atoms with Crippen molar-refractivity contribution in [2.24, 2.45) is 4.99 Å². The lowest BCUT2D eigenvalue weighted by atomic mass is 9.95. The lowest BCUT2D eigenvalue weighted by Crippen LogP contribution is -2.28. The van der Waals surface area contributed by atoms with Crippen molar-refractivity contribution in [2.75, 3.05) is 6.00 Å². The number of nitrogens with zero attached hydrogens (tertiary/aromatic N) is 1. The van der Waals surface area contributed by atoms with E-state index in [4.69, 9.17) is 11.6 Å². The highest BCUT2D eigenvalue weighted by atomic mass is 35.5. The Morgan fingerprint density at radius 3 is 2.27 bits per heavy atom. The van der Waals surface area contributed by atoms with Crippen LogP contribution in [0.1, 0.15) is 19.4 Å². The van der Waals surface area contributed by atoms with Crippen LogP contribution in [0.15, 0.2) is 89.5 Å². The molecule has 0 saturated heterocycles. The largest absolute Gasteiger partial charge is 0.293 e. The van der Waals surface area contributed by atoms with Gasteiger partial charge in [0, 0.05) is 5.56 Å². The standard InChI is InChI=1S/C21H19ClN2.C2H6/c1-23-21(19-9-5-6-10-20(19)24-15-22)18-13-11-17(12-14-18)16-7-3-2-4-8-16;1-2/h2-14,20,24H,1,15H2;1-2H3/b21-19-;. The first-order valence-electron chi connectivity index (χ1n) is 8.84. The Labute approximate surface area is 161 Å². The zero-order valence-corrected chi connectivity index (χ0v) is 16.1. The molecular weight excluding hydrogens is 340 g/mol. The number of hydrogen-bond donors (Lipinski definition) is 1. The Hall–Kier alpha value is -2.42. The highest BCUT2D eigenvalue weighted by Gasteiger charge is 2.16. The molecule has 1 atom stereocenters. The molecule has 0 saturated carbocycles. The van der Waals surface area contributed by atoms with Crippen LogP contribution in [0.25, 0.3) is 16.8 Å². The van der Waals surface area contributed by atoms with Crippen molar-refractivity contribution < 1.29 is 0 Å². The number of allylic oxidation sites excluding steroid dienone is 2. The van der Waals surface area contributed by atoms with Gasteiger partial charge in [-0.3, -0.25) is 10.3 Å². The van der Waals surface area contributed by atoms with Crippen molar-refractivity contribution in [3.8, 4) is 11.1 Å². The molecule has 2 aromatic carbocycles. The molecule has 0 amide bonds. The maximum Gasteiger partial charge on any atom is 0.0745 e. The van der Waals surface area contributed by atoms with Crippen LogP contribution in [0, 0.1) is 0 Å². The predicted octanol–water partition coefficient (Wildman–Crippen LogP) is 6.07. The second kappa shape index (κ2) is 10.5. The number of benzene rings is 2. The second-order valence-electron chi connectivity index (χ2n) is 5.46. The van der Waals surface area contributed by atoms with Crippen LogP contribution in [0.5, 0.6) is 0 Å². The van der Waals surface area contributed by atoms with Crippen molar-refractivity contribution in [1.29, 1.82) is 0 Å². The van der Waals surface area contributed by atoms with Gasteiger partial charge < -0.3 is 0 Å². The molecule has 3 rings (SSSR count). The van der Waals surface area contributed by atoms with E-state index in [0.717, 1.165) is 16.8 Å². The molecule has 3 heteroatoms. The fourth-order valence-corrected chi connectivity index (χ4v) is 3.00. The molecule has 0 fully saturated rings. The molecule has 26 heavy (non-hydrogen) atoms. The second-order valence-corrected chi connectivity index (χ2v) is 5.73. The van der Waals surface area contributed by atoms with E-state index in [1.807, 2.05) is 44.2 Å². The van der Waals surface area contributed by atoms with Crippen LogP contribution in [0.3, 0.4) is 0 Å². The number of alkyl halides is 1. The average Bonchev–Trinajstić information content (AvgIpc) is 2.73. The van der Waals surface area contributed by atoms with Gasteiger partial charge in [0.2, 0.25) is 0 Å². The third-order valence-corrected chi connectivity index (χ3v) is 4.17. The molecule has 0 spiro atoms. The number of hydrogen-bond acceptors (Lipinski definition) is 2. The van der Waals surface area contributed by atoms with E-state index in [2.05, 4.69) is 65.6 Å². The van der Waals surface area contributed by atoms with Gasteiger partial charge in [-0.2, -0.15) is 0 Å². The Morgan fingerprint density at radius 1 is 1.00 bits per heavy atom. The van der Waals surface area contributed by atoms with E-state index in [0.29, 0.717) is 6.00 Å².